The van der Waals surface area contributed by atoms with Crippen LogP contribution in [-0.2, 0) is 17.8 Å². The molecule has 0 aliphatic rings. The summed E-state index contributed by atoms with van der Waals surface area (Å²) in [7, 11) is 0. The van der Waals surface area contributed by atoms with Gasteiger partial charge in [0.1, 0.15) is 11.6 Å². The van der Waals surface area contributed by atoms with Gasteiger partial charge in [-0.25, -0.2) is 0 Å². The number of carbonyl (C=O) groups excluding carboxylic acids is 1. The maximum atomic E-state index is 12.2. The van der Waals surface area contributed by atoms with Crippen molar-refractivity contribution in [2.45, 2.75) is 26.8 Å². The predicted molar refractivity (Wildman–Crippen MR) is 112 cm³/mol. The van der Waals surface area contributed by atoms with Gasteiger partial charge in [-0.1, -0.05) is 36.4 Å². The van der Waals surface area contributed by atoms with Crippen LogP contribution < -0.4 is 20.1 Å². The van der Waals surface area contributed by atoms with Gasteiger partial charge in [0.05, 0.1) is 13.2 Å². The molecule has 6 heteroatoms. The van der Waals surface area contributed by atoms with E-state index in [2.05, 4.69) is 10.6 Å². The molecule has 0 atom stereocenters. The molecule has 0 aromatic heterocycles. The zero-order valence-corrected chi connectivity index (χ0v) is 16.9. The van der Waals surface area contributed by atoms with Crippen LogP contribution in [0.4, 0.5) is 0 Å². The van der Waals surface area contributed by atoms with E-state index >= 15 is 0 Å². The van der Waals surface area contributed by atoms with Crippen molar-refractivity contribution in [1.82, 2.24) is 10.6 Å². The summed E-state index contributed by atoms with van der Waals surface area (Å²) in [5.74, 6) is 1.05. The van der Waals surface area contributed by atoms with Crippen molar-refractivity contribution in [2.24, 2.45) is 0 Å². The van der Waals surface area contributed by atoms with Gasteiger partial charge in [0, 0.05) is 19.3 Å². The van der Waals surface area contributed by atoms with E-state index in [1.807, 2.05) is 68.4 Å². The van der Waals surface area contributed by atoms with Gasteiger partial charge in [-0.2, -0.15) is 5.26 Å². The van der Waals surface area contributed by atoms with Crippen LogP contribution in [0.5, 0.6) is 11.5 Å². The summed E-state index contributed by atoms with van der Waals surface area (Å²) < 4.78 is 11.2. The average Bonchev–Trinajstić information content (AvgIpc) is 2.75. The lowest BCUT2D eigenvalue weighted by atomic mass is 10.1. The molecule has 152 valence electrons. The van der Waals surface area contributed by atoms with Crippen LogP contribution in [0, 0.1) is 11.3 Å². The largest absolute Gasteiger partial charge is 0.490 e. The molecule has 0 aliphatic heterocycles. The first-order valence-corrected chi connectivity index (χ1v) is 9.72. The van der Waals surface area contributed by atoms with Crippen molar-refractivity contribution in [3.8, 4) is 17.6 Å². The van der Waals surface area contributed by atoms with Gasteiger partial charge >= 0.3 is 0 Å². The number of nitriles is 1. The Morgan fingerprint density at radius 1 is 1.03 bits per heavy atom. The highest BCUT2D eigenvalue weighted by atomic mass is 16.5. The summed E-state index contributed by atoms with van der Waals surface area (Å²) >= 11 is 0. The highest BCUT2D eigenvalue weighted by Gasteiger charge is 2.09. The van der Waals surface area contributed by atoms with Gasteiger partial charge in [-0.15, -0.1) is 0 Å². The van der Waals surface area contributed by atoms with E-state index < -0.39 is 5.91 Å². The van der Waals surface area contributed by atoms with E-state index in [4.69, 9.17) is 9.47 Å². The quantitative estimate of drug-likeness (QED) is 0.348. The third kappa shape index (κ3) is 7.23. The Morgan fingerprint density at radius 3 is 2.45 bits per heavy atom. The molecule has 0 heterocycles. The number of benzene rings is 2. The van der Waals surface area contributed by atoms with Gasteiger partial charge in [-0.3, -0.25) is 4.79 Å². The highest BCUT2D eigenvalue weighted by Crippen LogP contribution is 2.28. The molecule has 0 saturated carbocycles. The minimum atomic E-state index is -0.399. The van der Waals surface area contributed by atoms with Crippen molar-refractivity contribution in [3.05, 3.63) is 71.4 Å². The zero-order valence-electron chi connectivity index (χ0n) is 16.9. The molecule has 0 bridgehead atoms. The summed E-state index contributed by atoms with van der Waals surface area (Å²) in [6.07, 6.45) is 2.17. The summed E-state index contributed by atoms with van der Waals surface area (Å²) in [4.78, 5) is 12.2. The third-order valence-electron chi connectivity index (χ3n) is 4.07. The van der Waals surface area contributed by atoms with Crippen molar-refractivity contribution in [1.29, 1.82) is 5.26 Å². The van der Waals surface area contributed by atoms with Crippen LogP contribution in [0.2, 0.25) is 0 Å². The van der Waals surface area contributed by atoms with Gasteiger partial charge in [0.2, 0.25) is 0 Å². The molecule has 2 rings (SSSR count). The lowest BCUT2D eigenvalue weighted by molar-refractivity contribution is -0.117. The molecule has 2 aromatic rings. The maximum Gasteiger partial charge on any atom is 0.263 e. The Kier molecular flexibility index (Phi) is 9.10. The number of amides is 1. The van der Waals surface area contributed by atoms with Crippen LogP contribution >= 0.6 is 0 Å². The summed E-state index contributed by atoms with van der Waals surface area (Å²) in [5, 5.41) is 15.0. The second-order valence-electron chi connectivity index (χ2n) is 6.19. The molecule has 0 saturated heterocycles. The normalized spacial score (nSPS) is 10.7. The zero-order chi connectivity index (χ0) is 20.9. The van der Waals surface area contributed by atoms with E-state index in [0.29, 0.717) is 32.7 Å². The molecule has 29 heavy (non-hydrogen) atoms. The maximum absolute atomic E-state index is 12.2. The number of ether oxygens (including phenoxy) is 2. The Hall–Kier alpha value is -3.46. The van der Waals surface area contributed by atoms with Gasteiger partial charge in [-0.05, 0) is 43.5 Å². The smallest absolute Gasteiger partial charge is 0.263 e. The minimum absolute atomic E-state index is 0.0441. The molecule has 2 N–H and O–H groups in total. The molecular weight excluding hydrogens is 366 g/mol. The van der Waals surface area contributed by atoms with Crippen LogP contribution in [0.15, 0.2) is 60.3 Å². The number of nitrogens with zero attached hydrogens (tertiary/aromatic N) is 1. The van der Waals surface area contributed by atoms with E-state index in [0.717, 1.165) is 22.6 Å². The fourth-order valence-corrected chi connectivity index (χ4v) is 2.66. The fourth-order valence-electron chi connectivity index (χ4n) is 2.66. The Labute approximate surface area is 172 Å². The standard InChI is InChI=1S/C23H27N3O3/c1-3-28-21-11-10-18(14-22(21)29-4-2)12-13-25-17-20(15-24)23(27)26-16-19-8-6-5-7-9-19/h5-11,14,17,25H,3-4,12-13,16H2,1-2H3,(H,26,27)/b20-17-. The molecular formula is C23H27N3O3. The minimum Gasteiger partial charge on any atom is -0.490 e. The van der Waals surface area contributed by atoms with Crippen LogP contribution in [-0.4, -0.2) is 25.7 Å². The Morgan fingerprint density at radius 2 is 1.76 bits per heavy atom. The first kappa shape index (κ1) is 21.8. The van der Waals surface area contributed by atoms with Crippen molar-refractivity contribution >= 4 is 5.91 Å². The van der Waals surface area contributed by atoms with Crippen LogP contribution in [0.3, 0.4) is 0 Å². The second-order valence-corrected chi connectivity index (χ2v) is 6.19. The molecule has 1 amide bonds. The molecule has 0 radical (unpaired) electrons. The lowest BCUT2D eigenvalue weighted by Gasteiger charge is -2.12. The van der Waals surface area contributed by atoms with Crippen LogP contribution in [0.1, 0.15) is 25.0 Å². The average molecular weight is 393 g/mol. The summed E-state index contributed by atoms with van der Waals surface area (Å²) in [6, 6.07) is 17.3. The van der Waals surface area contributed by atoms with Gasteiger partial charge in [0.25, 0.3) is 5.91 Å². The number of carbonyl (C=O) groups is 1. The molecule has 0 spiro atoms. The van der Waals surface area contributed by atoms with E-state index in [1.165, 1.54) is 6.20 Å². The predicted octanol–water partition coefficient (Wildman–Crippen LogP) is 3.34. The van der Waals surface area contributed by atoms with E-state index in [1.54, 1.807) is 0 Å². The monoisotopic (exact) mass is 393 g/mol. The fraction of sp³-hybridized carbons (Fsp3) is 0.304. The molecule has 6 nitrogen and oxygen atoms in total. The Bertz CT molecular complexity index is 857. The number of nitrogens with one attached hydrogen (secondary N) is 2. The third-order valence-corrected chi connectivity index (χ3v) is 4.07. The summed E-state index contributed by atoms with van der Waals surface area (Å²) in [6.45, 7) is 5.97. The molecule has 0 unspecified atom stereocenters. The first-order chi connectivity index (χ1) is 14.2. The van der Waals surface area contributed by atoms with Gasteiger partial charge in [0.15, 0.2) is 11.5 Å². The van der Waals surface area contributed by atoms with E-state index in [-0.39, 0.29) is 5.57 Å². The number of hydrogen-bond acceptors (Lipinski definition) is 5. The lowest BCUT2D eigenvalue weighted by Crippen LogP contribution is -2.25. The van der Waals surface area contributed by atoms with Crippen molar-refractivity contribution in [2.75, 3.05) is 19.8 Å². The first-order valence-electron chi connectivity index (χ1n) is 9.72. The van der Waals surface area contributed by atoms with Crippen molar-refractivity contribution < 1.29 is 14.3 Å². The molecule has 0 aliphatic carbocycles. The molecule has 2 aromatic carbocycles. The van der Waals surface area contributed by atoms with Crippen molar-refractivity contribution in [3.63, 3.8) is 0 Å². The van der Waals surface area contributed by atoms with Crippen LogP contribution in [0.25, 0.3) is 0 Å². The Balaban J connectivity index is 1.86. The number of rotatable bonds is 11. The molecule has 0 fully saturated rings. The number of hydrogen-bond donors (Lipinski definition) is 2. The van der Waals surface area contributed by atoms with E-state index in [9.17, 15) is 10.1 Å². The second kappa shape index (κ2) is 12.1. The summed E-state index contributed by atoms with van der Waals surface area (Å²) in [5.41, 5.74) is 2.10. The van der Waals surface area contributed by atoms with Gasteiger partial charge < -0.3 is 20.1 Å². The topological polar surface area (TPSA) is 83.4 Å². The SMILES string of the molecule is CCOc1ccc(CCN/C=C(/C#N)C(=O)NCc2ccccc2)cc1OCC. The highest BCUT2D eigenvalue weighted by molar-refractivity contribution is 5.97.